The smallest absolute Gasteiger partial charge is 0.224 e. The zero-order valence-corrected chi connectivity index (χ0v) is 10.9. The quantitative estimate of drug-likeness (QED) is 0.808. The average molecular weight is 273 g/mol. The first-order valence-electron chi connectivity index (χ1n) is 4.94. The van der Waals surface area contributed by atoms with Crippen LogP contribution in [-0.4, -0.2) is 18.0 Å². The molecule has 0 fully saturated rings. The maximum Gasteiger partial charge on any atom is 0.224 e. The van der Waals surface area contributed by atoms with E-state index in [1.165, 1.54) is 7.11 Å². The van der Waals surface area contributed by atoms with Crippen LogP contribution in [0.4, 0.5) is 5.69 Å². The van der Waals surface area contributed by atoms with Crippen molar-refractivity contribution in [2.45, 2.75) is 12.8 Å². The van der Waals surface area contributed by atoms with Gasteiger partial charge in [0.05, 0.1) is 17.8 Å². The first-order valence-corrected chi connectivity index (χ1v) is 5.73. The predicted octanol–water partition coefficient (Wildman–Crippen LogP) is 2.35. The van der Waals surface area contributed by atoms with Gasteiger partial charge in [0.1, 0.15) is 5.75 Å². The number of rotatable bonds is 5. The molecule has 1 aromatic rings. The van der Waals surface area contributed by atoms with Crippen molar-refractivity contribution in [3.63, 3.8) is 0 Å². The highest BCUT2D eigenvalue weighted by Gasteiger charge is 2.08. The summed E-state index contributed by atoms with van der Waals surface area (Å²) in [6.07, 6.45) is 0.620. The largest absolute Gasteiger partial charge is 0.495 e. The Morgan fingerprint density at radius 3 is 2.82 bits per heavy atom. The Kier molecular flexibility index (Phi) is 5.18. The van der Waals surface area contributed by atoms with Crippen LogP contribution in [0.5, 0.6) is 5.75 Å². The van der Waals surface area contributed by atoms with E-state index in [-0.39, 0.29) is 12.3 Å². The van der Waals surface area contributed by atoms with Gasteiger partial charge in [-0.2, -0.15) is 0 Å². The predicted molar refractivity (Wildman–Crippen MR) is 72.7 cm³/mol. The molecule has 0 atom stereocenters. The molecule has 0 aromatic heterocycles. The Labute approximate surface area is 110 Å². The van der Waals surface area contributed by atoms with E-state index >= 15 is 0 Å². The SMILES string of the molecule is COc1ccc(Cl)cc1NC(=O)CCC(N)=S. The van der Waals surface area contributed by atoms with E-state index in [1.807, 2.05) is 0 Å². The molecule has 0 unspecified atom stereocenters. The summed E-state index contributed by atoms with van der Waals surface area (Å²) < 4.78 is 5.10. The third-order valence-electron chi connectivity index (χ3n) is 2.03. The molecule has 4 nitrogen and oxygen atoms in total. The van der Waals surface area contributed by atoms with E-state index in [0.29, 0.717) is 27.9 Å². The van der Waals surface area contributed by atoms with Crippen LogP contribution in [0.25, 0.3) is 0 Å². The van der Waals surface area contributed by atoms with Crippen molar-refractivity contribution in [1.29, 1.82) is 0 Å². The molecule has 0 aliphatic carbocycles. The van der Waals surface area contributed by atoms with E-state index < -0.39 is 0 Å². The summed E-state index contributed by atoms with van der Waals surface area (Å²) in [7, 11) is 1.52. The lowest BCUT2D eigenvalue weighted by molar-refractivity contribution is -0.116. The first kappa shape index (κ1) is 13.7. The minimum Gasteiger partial charge on any atom is -0.495 e. The van der Waals surface area contributed by atoms with Gasteiger partial charge in [0.25, 0.3) is 0 Å². The van der Waals surface area contributed by atoms with Crippen LogP contribution in [0, 0.1) is 0 Å². The van der Waals surface area contributed by atoms with Crippen LogP contribution in [0.3, 0.4) is 0 Å². The van der Waals surface area contributed by atoms with E-state index in [1.54, 1.807) is 18.2 Å². The van der Waals surface area contributed by atoms with Crippen LogP contribution in [0.1, 0.15) is 12.8 Å². The van der Waals surface area contributed by atoms with Crippen molar-refractivity contribution in [2.24, 2.45) is 5.73 Å². The van der Waals surface area contributed by atoms with Crippen LogP contribution in [0.2, 0.25) is 5.02 Å². The molecule has 0 saturated carbocycles. The minimum absolute atomic E-state index is 0.182. The summed E-state index contributed by atoms with van der Waals surface area (Å²) >= 11 is 10.5. The second-order valence-corrected chi connectivity index (χ2v) is 4.32. The van der Waals surface area contributed by atoms with Crippen molar-refractivity contribution in [1.82, 2.24) is 0 Å². The van der Waals surface area contributed by atoms with Crippen LogP contribution < -0.4 is 15.8 Å². The normalized spacial score (nSPS) is 9.76. The fourth-order valence-electron chi connectivity index (χ4n) is 1.23. The number of amides is 1. The summed E-state index contributed by atoms with van der Waals surface area (Å²) in [6.45, 7) is 0. The number of benzene rings is 1. The lowest BCUT2D eigenvalue weighted by Gasteiger charge is -2.10. The molecule has 92 valence electrons. The molecule has 6 heteroatoms. The van der Waals surface area contributed by atoms with E-state index in [4.69, 9.17) is 34.3 Å². The molecule has 0 aliphatic heterocycles. The van der Waals surface area contributed by atoms with Crippen LogP contribution >= 0.6 is 23.8 Å². The second kappa shape index (κ2) is 6.42. The molecule has 0 saturated heterocycles. The molecule has 3 N–H and O–H groups in total. The molecule has 17 heavy (non-hydrogen) atoms. The van der Waals surface area contributed by atoms with Gasteiger partial charge in [0.2, 0.25) is 5.91 Å². The zero-order chi connectivity index (χ0) is 12.8. The van der Waals surface area contributed by atoms with Gasteiger partial charge < -0.3 is 15.8 Å². The third kappa shape index (κ3) is 4.58. The Morgan fingerprint density at radius 2 is 2.24 bits per heavy atom. The van der Waals surface area contributed by atoms with E-state index in [9.17, 15) is 4.79 Å². The molecule has 1 amide bonds. The number of carbonyl (C=O) groups excluding carboxylic acids is 1. The van der Waals surface area contributed by atoms with Crippen molar-refractivity contribution in [3.05, 3.63) is 23.2 Å². The standard InChI is InChI=1S/C11H13ClN2O2S/c1-16-9-3-2-7(12)6-8(9)14-11(15)5-4-10(13)17/h2-3,6H,4-5H2,1H3,(H2,13,17)(H,14,15). The van der Waals surface area contributed by atoms with E-state index in [2.05, 4.69) is 5.32 Å². The van der Waals surface area contributed by atoms with Gasteiger partial charge in [-0.25, -0.2) is 0 Å². The summed E-state index contributed by atoms with van der Waals surface area (Å²) in [6, 6.07) is 5.00. The average Bonchev–Trinajstić information content (AvgIpc) is 2.27. The number of methoxy groups -OCH3 is 1. The highest BCUT2D eigenvalue weighted by atomic mass is 35.5. The molecular formula is C11H13ClN2O2S. The van der Waals surface area contributed by atoms with Crippen LogP contribution in [0.15, 0.2) is 18.2 Å². The van der Waals surface area contributed by atoms with Crippen molar-refractivity contribution in [3.8, 4) is 5.75 Å². The van der Waals surface area contributed by atoms with E-state index in [0.717, 1.165) is 0 Å². The number of halogens is 1. The monoisotopic (exact) mass is 272 g/mol. The number of carbonyl (C=O) groups is 1. The molecule has 1 rings (SSSR count). The van der Waals surface area contributed by atoms with Gasteiger partial charge >= 0.3 is 0 Å². The Hall–Kier alpha value is -1.33. The first-order chi connectivity index (χ1) is 8.02. The number of hydrogen-bond donors (Lipinski definition) is 2. The topological polar surface area (TPSA) is 64.3 Å². The van der Waals surface area contributed by atoms with Gasteiger partial charge in [-0.3, -0.25) is 4.79 Å². The molecule has 0 spiro atoms. The van der Waals surface area contributed by atoms with Crippen molar-refractivity contribution < 1.29 is 9.53 Å². The lowest BCUT2D eigenvalue weighted by atomic mass is 10.2. The molecule has 0 radical (unpaired) electrons. The number of anilines is 1. The Balaban J connectivity index is 2.69. The van der Waals surface area contributed by atoms with Gasteiger partial charge in [-0.15, -0.1) is 0 Å². The molecule has 1 aromatic carbocycles. The fraction of sp³-hybridized carbons (Fsp3) is 0.273. The number of hydrogen-bond acceptors (Lipinski definition) is 3. The minimum atomic E-state index is -0.182. The second-order valence-electron chi connectivity index (χ2n) is 3.36. The number of thiocarbonyl (C=S) groups is 1. The molecule has 0 aliphatic rings. The van der Waals surface area contributed by atoms with Crippen molar-refractivity contribution >= 4 is 40.4 Å². The highest BCUT2D eigenvalue weighted by molar-refractivity contribution is 7.80. The Bertz CT molecular complexity index is 437. The lowest BCUT2D eigenvalue weighted by Crippen LogP contribution is -2.16. The highest BCUT2D eigenvalue weighted by Crippen LogP contribution is 2.27. The zero-order valence-electron chi connectivity index (χ0n) is 9.33. The number of nitrogens with one attached hydrogen (secondary N) is 1. The maximum atomic E-state index is 11.6. The summed E-state index contributed by atoms with van der Waals surface area (Å²) in [5.74, 6) is 0.372. The van der Waals surface area contributed by atoms with Gasteiger partial charge in [-0.05, 0) is 18.2 Å². The summed E-state index contributed by atoms with van der Waals surface area (Å²) in [5, 5.41) is 3.22. The van der Waals surface area contributed by atoms with Gasteiger partial charge in [0.15, 0.2) is 0 Å². The van der Waals surface area contributed by atoms with Gasteiger partial charge in [-0.1, -0.05) is 23.8 Å². The maximum absolute atomic E-state index is 11.6. The number of nitrogens with two attached hydrogens (primary N) is 1. The van der Waals surface area contributed by atoms with Gasteiger partial charge in [0, 0.05) is 17.9 Å². The Morgan fingerprint density at radius 1 is 1.53 bits per heavy atom. The fourth-order valence-corrected chi connectivity index (χ4v) is 1.50. The molecule has 0 bridgehead atoms. The summed E-state index contributed by atoms with van der Waals surface area (Å²) in [5.41, 5.74) is 5.86. The molecular weight excluding hydrogens is 260 g/mol. The van der Waals surface area contributed by atoms with Crippen LogP contribution in [-0.2, 0) is 4.79 Å². The summed E-state index contributed by atoms with van der Waals surface area (Å²) in [4.78, 5) is 11.9. The third-order valence-corrected chi connectivity index (χ3v) is 2.47. The van der Waals surface area contributed by atoms with Crippen molar-refractivity contribution in [2.75, 3.05) is 12.4 Å². The number of ether oxygens (including phenoxy) is 1. The molecule has 0 heterocycles.